The first-order valence-corrected chi connectivity index (χ1v) is 14.7. The fourth-order valence-electron chi connectivity index (χ4n) is 3.61. The summed E-state index contributed by atoms with van der Waals surface area (Å²) in [5, 5.41) is 3.03. The van der Waals surface area contributed by atoms with Crippen LogP contribution in [0.3, 0.4) is 0 Å². The van der Waals surface area contributed by atoms with Gasteiger partial charge in [0, 0.05) is 28.4 Å². The van der Waals surface area contributed by atoms with Crippen molar-refractivity contribution < 1.29 is 39.5 Å². The molecule has 2 aromatic carbocycles. The Kier molecular flexibility index (Phi) is 8.07. The van der Waals surface area contributed by atoms with E-state index in [1.165, 1.54) is 18.2 Å². The van der Waals surface area contributed by atoms with Crippen molar-refractivity contribution in [2.45, 2.75) is 44.6 Å². The van der Waals surface area contributed by atoms with Crippen LogP contribution >= 0.6 is 39.0 Å². The minimum Gasteiger partial charge on any atom is -0.485 e. The Balaban J connectivity index is 1.56. The van der Waals surface area contributed by atoms with E-state index < -0.39 is 44.9 Å². The predicted molar refractivity (Wildman–Crippen MR) is 136 cm³/mol. The van der Waals surface area contributed by atoms with Crippen LogP contribution in [0.25, 0.3) is 0 Å². The van der Waals surface area contributed by atoms with Crippen LogP contribution in [0.5, 0.6) is 5.75 Å². The van der Waals surface area contributed by atoms with Gasteiger partial charge in [-0.25, -0.2) is 8.42 Å². The van der Waals surface area contributed by atoms with Gasteiger partial charge in [0.25, 0.3) is 10.0 Å². The molecule has 4 rings (SSSR count). The summed E-state index contributed by atoms with van der Waals surface area (Å²) < 4.78 is 114. The van der Waals surface area contributed by atoms with Gasteiger partial charge < -0.3 is 10.1 Å². The average Bonchev–Trinajstić information content (AvgIpc) is 3.38. The molecule has 1 saturated heterocycles. The van der Waals surface area contributed by atoms with Gasteiger partial charge in [0.1, 0.15) is 15.6 Å². The molecule has 0 saturated carbocycles. The molecule has 0 amide bonds. The van der Waals surface area contributed by atoms with E-state index >= 15 is 0 Å². The third-order valence-electron chi connectivity index (χ3n) is 5.52. The van der Waals surface area contributed by atoms with E-state index in [9.17, 15) is 34.8 Å². The van der Waals surface area contributed by atoms with E-state index in [0.29, 0.717) is 33.1 Å². The quantitative estimate of drug-likeness (QED) is 0.255. The van der Waals surface area contributed by atoms with Gasteiger partial charge in [-0.1, -0.05) is 11.8 Å². The molecule has 0 radical (unpaired) electrons. The summed E-state index contributed by atoms with van der Waals surface area (Å²) in [5.41, 5.74) is -2.84. The Morgan fingerprint density at radius 1 is 1.05 bits per heavy atom. The van der Waals surface area contributed by atoms with Crippen molar-refractivity contribution in [3.05, 3.63) is 64.1 Å². The maximum Gasteiger partial charge on any atom is 0.419 e. The lowest BCUT2D eigenvalue weighted by Gasteiger charge is -2.27. The summed E-state index contributed by atoms with van der Waals surface area (Å²) in [6.45, 7) is 2.58. The van der Waals surface area contributed by atoms with Gasteiger partial charge in [-0.3, -0.25) is 4.72 Å². The predicted octanol–water partition coefficient (Wildman–Crippen LogP) is 7.63. The van der Waals surface area contributed by atoms with Crippen molar-refractivity contribution in [1.82, 2.24) is 5.32 Å². The number of anilines is 1. The maximum atomic E-state index is 13.6. The second-order valence-corrected chi connectivity index (χ2v) is 13.8. The summed E-state index contributed by atoms with van der Waals surface area (Å²) >= 11 is 5.18. The van der Waals surface area contributed by atoms with Crippen LogP contribution in [0.1, 0.15) is 24.5 Å². The standard InChI is InChI=1S/C23H19BrF6N2O3S3/c1-21(8-9-31-12-21)35-18-10-14(4-7-16(18)23(28,29)30)32-38(33,34)19-11-17(24)20(37-19)36-15-5-2-13(3-6-15)22(25,26)27/h2-7,10-11,31-32H,8-9,12H2,1H3/t21-/m1/s1. The molecule has 15 heteroatoms. The van der Waals surface area contributed by atoms with Crippen LogP contribution in [0, 0.1) is 0 Å². The van der Waals surface area contributed by atoms with Crippen LogP contribution in [0.15, 0.2) is 66.3 Å². The number of nitrogens with one attached hydrogen (secondary N) is 2. The van der Waals surface area contributed by atoms with E-state index in [0.717, 1.165) is 53.4 Å². The largest absolute Gasteiger partial charge is 0.485 e. The van der Waals surface area contributed by atoms with Crippen LogP contribution in [0.4, 0.5) is 32.0 Å². The van der Waals surface area contributed by atoms with E-state index in [1.54, 1.807) is 6.92 Å². The second-order valence-electron chi connectivity index (χ2n) is 8.62. The minimum absolute atomic E-state index is 0.121. The molecule has 1 fully saturated rings. The molecule has 1 aliphatic heterocycles. The lowest BCUT2D eigenvalue weighted by atomic mass is 10.1. The van der Waals surface area contributed by atoms with Crippen LogP contribution in [-0.2, 0) is 22.4 Å². The number of rotatable bonds is 7. The van der Waals surface area contributed by atoms with Crippen molar-refractivity contribution in [2.75, 3.05) is 17.8 Å². The number of thiophene rings is 1. The molecule has 5 nitrogen and oxygen atoms in total. The van der Waals surface area contributed by atoms with Crippen LogP contribution in [-0.4, -0.2) is 27.1 Å². The zero-order valence-electron chi connectivity index (χ0n) is 19.3. The van der Waals surface area contributed by atoms with Gasteiger partial charge in [0.2, 0.25) is 0 Å². The number of ether oxygens (including phenoxy) is 1. The molecule has 38 heavy (non-hydrogen) atoms. The number of hydrogen-bond donors (Lipinski definition) is 2. The number of benzene rings is 2. The van der Waals surface area contributed by atoms with Crippen molar-refractivity contribution in [3.8, 4) is 5.75 Å². The first kappa shape index (κ1) is 29.1. The molecule has 1 aromatic heterocycles. The van der Waals surface area contributed by atoms with Gasteiger partial charge in [-0.15, -0.1) is 11.3 Å². The van der Waals surface area contributed by atoms with Crippen molar-refractivity contribution in [1.29, 1.82) is 0 Å². The van der Waals surface area contributed by atoms with Crippen molar-refractivity contribution in [2.24, 2.45) is 0 Å². The summed E-state index contributed by atoms with van der Waals surface area (Å²) in [5.74, 6) is -0.491. The molecule has 0 spiro atoms. The Morgan fingerprint density at radius 2 is 1.74 bits per heavy atom. The highest BCUT2D eigenvalue weighted by atomic mass is 79.9. The monoisotopic (exact) mass is 660 g/mol. The molecule has 0 aliphatic carbocycles. The lowest BCUT2D eigenvalue weighted by molar-refractivity contribution is -0.140. The van der Waals surface area contributed by atoms with E-state index in [-0.39, 0.29) is 9.90 Å². The first-order valence-electron chi connectivity index (χ1n) is 10.8. The summed E-state index contributed by atoms with van der Waals surface area (Å²) in [7, 11) is -4.21. The van der Waals surface area contributed by atoms with Crippen LogP contribution < -0.4 is 14.8 Å². The molecule has 206 valence electrons. The summed E-state index contributed by atoms with van der Waals surface area (Å²) in [6.07, 6.45) is -8.71. The third kappa shape index (κ3) is 6.79. The Morgan fingerprint density at radius 3 is 2.32 bits per heavy atom. The fraction of sp³-hybridized carbons (Fsp3) is 0.304. The molecule has 1 aliphatic rings. The second kappa shape index (κ2) is 10.6. The summed E-state index contributed by atoms with van der Waals surface area (Å²) in [6, 6.07) is 8.48. The number of halogens is 7. The molecule has 3 aromatic rings. The van der Waals surface area contributed by atoms with E-state index in [2.05, 4.69) is 26.0 Å². The van der Waals surface area contributed by atoms with Gasteiger partial charge in [0.15, 0.2) is 0 Å². The number of hydrogen-bond acceptors (Lipinski definition) is 6. The topological polar surface area (TPSA) is 67.4 Å². The maximum absolute atomic E-state index is 13.6. The smallest absolute Gasteiger partial charge is 0.419 e. The highest BCUT2D eigenvalue weighted by Crippen LogP contribution is 2.44. The molecular weight excluding hydrogens is 642 g/mol. The zero-order valence-corrected chi connectivity index (χ0v) is 23.4. The van der Waals surface area contributed by atoms with E-state index in [4.69, 9.17) is 4.74 Å². The van der Waals surface area contributed by atoms with Gasteiger partial charge in [-0.05, 0) is 71.9 Å². The Bertz CT molecular complexity index is 1420. The average molecular weight is 662 g/mol. The lowest BCUT2D eigenvalue weighted by Crippen LogP contribution is -2.35. The summed E-state index contributed by atoms with van der Waals surface area (Å²) in [4.78, 5) is 0.455. The normalized spacial score (nSPS) is 18.5. The van der Waals surface area contributed by atoms with Crippen LogP contribution in [0.2, 0.25) is 0 Å². The molecule has 0 bridgehead atoms. The highest BCUT2D eigenvalue weighted by molar-refractivity contribution is 9.10. The number of sulfonamides is 1. The van der Waals surface area contributed by atoms with Gasteiger partial charge in [0.05, 0.1) is 21.0 Å². The van der Waals surface area contributed by atoms with Crippen molar-refractivity contribution in [3.63, 3.8) is 0 Å². The highest BCUT2D eigenvalue weighted by Gasteiger charge is 2.38. The molecule has 0 unspecified atom stereocenters. The minimum atomic E-state index is -4.71. The molecule has 2 heterocycles. The zero-order chi connectivity index (χ0) is 27.9. The number of alkyl halides is 6. The van der Waals surface area contributed by atoms with Crippen molar-refractivity contribution >= 4 is 54.7 Å². The fourth-order valence-corrected chi connectivity index (χ4v) is 8.29. The molecular formula is C23H19BrF6N2O3S3. The molecule has 1 atom stereocenters. The first-order chi connectivity index (χ1) is 17.6. The Labute approximate surface area is 231 Å². The Hall–Kier alpha value is -1.94. The van der Waals surface area contributed by atoms with Gasteiger partial charge >= 0.3 is 12.4 Å². The SMILES string of the molecule is C[C@@]1(Oc2cc(NS(=O)(=O)c3cc(Br)c(Sc4ccc(C(F)(F)F)cc4)s3)ccc2C(F)(F)F)CCNC1. The third-order valence-corrected chi connectivity index (χ3v) is 10.9. The van der Waals surface area contributed by atoms with E-state index in [1.807, 2.05) is 0 Å². The van der Waals surface area contributed by atoms with Gasteiger partial charge in [-0.2, -0.15) is 26.3 Å². The molecule has 2 N–H and O–H groups in total.